The van der Waals surface area contributed by atoms with E-state index in [0.29, 0.717) is 27.9 Å². The molecule has 1 aromatic rings. The molecule has 4 nitrogen and oxygen atoms in total. The predicted octanol–water partition coefficient (Wildman–Crippen LogP) is 4.32. The lowest BCUT2D eigenvalue weighted by Crippen LogP contribution is -2.28. The summed E-state index contributed by atoms with van der Waals surface area (Å²) in [5, 5.41) is 0.910. The highest BCUT2D eigenvalue weighted by Gasteiger charge is 2.37. The second-order valence-electron chi connectivity index (χ2n) is 5.99. The molecule has 0 saturated carbocycles. The van der Waals surface area contributed by atoms with Crippen LogP contribution in [0.2, 0.25) is 10.0 Å². The molecule has 1 aliphatic heterocycles. The van der Waals surface area contributed by atoms with Gasteiger partial charge in [-0.25, -0.2) is 4.79 Å². The lowest BCUT2D eigenvalue weighted by atomic mass is 10.0. The molecule has 0 bridgehead atoms. The fourth-order valence-electron chi connectivity index (χ4n) is 2.59. The monoisotopic (exact) mass is 367 g/mol. The van der Waals surface area contributed by atoms with Crippen LogP contribution in [-0.2, 0) is 14.3 Å². The molecular formula is C18H19Cl2NO3. The Balaban J connectivity index is 2.55. The normalized spacial score (nSPS) is 16.5. The Morgan fingerprint density at radius 2 is 2.00 bits per heavy atom. The van der Waals surface area contributed by atoms with Crippen LogP contribution in [0.15, 0.2) is 35.0 Å². The number of amides is 1. The largest absolute Gasteiger partial charge is 0.465 e. The SMILES string of the molecule is COC(=O)C1=C(C)N(CC(C)C)C(=O)/C1=C\c1ccc(Cl)cc1Cl. The first-order valence-electron chi connectivity index (χ1n) is 7.54. The first-order valence-corrected chi connectivity index (χ1v) is 8.30. The summed E-state index contributed by atoms with van der Waals surface area (Å²) >= 11 is 12.1. The lowest BCUT2D eigenvalue weighted by molar-refractivity contribution is -0.136. The van der Waals surface area contributed by atoms with Gasteiger partial charge in [-0.2, -0.15) is 0 Å². The smallest absolute Gasteiger partial charge is 0.340 e. The van der Waals surface area contributed by atoms with E-state index < -0.39 is 5.97 Å². The molecule has 1 amide bonds. The summed E-state index contributed by atoms with van der Waals surface area (Å²) in [4.78, 5) is 26.6. The molecule has 0 radical (unpaired) electrons. The van der Waals surface area contributed by atoms with E-state index in [1.807, 2.05) is 13.8 Å². The van der Waals surface area contributed by atoms with Crippen molar-refractivity contribution in [2.75, 3.05) is 13.7 Å². The molecule has 2 rings (SSSR count). The minimum absolute atomic E-state index is 0.229. The molecular weight excluding hydrogens is 349 g/mol. The van der Waals surface area contributed by atoms with E-state index in [0.717, 1.165) is 0 Å². The molecule has 1 heterocycles. The number of esters is 1. The third-order valence-corrected chi connectivity index (χ3v) is 4.27. The van der Waals surface area contributed by atoms with E-state index in [2.05, 4.69) is 0 Å². The molecule has 1 aliphatic rings. The Labute approximate surface area is 151 Å². The summed E-state index contributed by atoms with van der Waals surface area (Å²) in [5.74, 6) is -0.502. The van der Waals surface area contributed by atoms with E-state index in [4.69, 9.17) is 27.9 Å². The highest BCUT2D eigenvalue weighted by atomic mass is 35.5. The topological polar surface area (TPSA) is 46.6 Å². The number of allylic oxidation sites excluding steroid dienone is 1. The average Bonchev–Trinajstić information content (AvgIpc) is 2.73. The molecule has 24 heavy (non-hydrogen) atoms. The zero-order valence-corrected chi connectivity index (χ0v) is 15.5. The molecule has 6 heteroatoms. The lowest BCUT2D eigenvalue weighted by Gasteiger charge is -2.19. The van der Waals surface area contributed by atoms with Gasteiger partial charge in [0, 0.05) is 22.3 Å². The molecule has 0 N–H and O–H groups in total. The van der Waals surface area contributed by atoms with Crippen LogP contribution >= 0.6 is 23.2 Å². The van der Waals surface area contributed by atoms with Crippen LogP contribution in [0.4, 0.5) is 0 Å². The van der Waals surface area contributed by atoms with Crippen molar-refractivity contribution in [1.82, 2.24) is 4.90 Å². The number of methoxy groups -OCH3 is 1. The molecule has 0 unspecified atom stereocenters. The van der Waals surface area contributed by atoms with Crippen molar-refractivity contribution in [3.63, 3.8) is 0 Å². The van der Waals surface area contributed by atoms with Crippen molar-refractivity contribution in [3.05, 3.63) is 50.7 Å². The van der Waals surface area contributed by atoms with E-state index in [1.54, 1.807) is 36.1 Å². The summed E-state index contributed by atoms with van der Waals surface area (Å²) in [5.41, 5.74) is 1.76. The van der Waals surface area contributed by atoms with Crippen molar-refractivity contribution >= 4 is 41.2 Å². The number of carbonyl (C=O) groups excluding carboxylic acids is 2. The highest BCUT2D eigenvalue weighted by molar-refractivity contribution is 6.35. The number of carbonyl (C=O) groups is 2. The maximum Gasteiger partial charge on any atom is 0.340 e. The summed E-state index contributed by atoms with van der Waals surface area (Å²) in [6.07, 6.45) is 1.61. The van der Waals surface area contributed by atoms with Gasteiger partial charge in [-0.05, 0) is 36.6 Å². The number of halogens is 2. The molecule has 128 valence electrons. The first-order chi connectivity index (χ1) is 11.3. The van der Waals surface area contributed by atoms with Gasteiger partial charge >= 0.3 is 5.97 Å². The number of rotatable bonds is 4. The highest BCUT2D eigenvalue weighted by Crippen LogP contribution is 2.33. The molecule has 1 aromatic carbocycles. The van der Waals surface area contributed by atoms with Gasteiger partial charge in [0.2, 0.25) is 0 Å². The van der Waals surface area contributed by atoms with Gasteiger partial charge in [0.15, 0.2) is 0 Å². The maximum absolute atomic E-state index is 12.8. The Hall–Kier alpha value is -1.78. The summed E-state index contributed by atoms with van der Waals surface area (Å²) < 4.78 is 4.85. The number of ether oxygens (including phenoxy) is 1. The van der Waals surface area contributed by atoms with Gasteiger partial charge in [-0.15, -0.1) is 0 Å². The molecule has 0 saturated heterocycles. The second kappa shape index (κ2) is 7.41. The minimum Gasteiger partial charge on any atom is -0.465 e. The van der Waals surface area contributed by atoms with Crippen molar-refractivity contribution < 1.29 is 14.3 Å². The zero-order chi connectivity index (χ0) is 18.0. The van der Waals surface area contributed by atoms with E-state index >= 15 is 0 Å². The van der Waals surface area contributed by atoms with Gasteiger partial charge < -0.3 is 9.64 Å². The molecule has 0 aromatic heterocycles. The second-order valence-corrected chi connectivity index (χ2v) is 6.83. The molecule has 0 spiro atoms. The third kappa shape index (κ3) is 3.65. The summed E-state index contributed by atoms with van der Waals surface area (Å²) in [6, 6.07) is 4.98. The zero-order valence-electron chi connectivity index (χ0n) is 14.0. The number of hydrogen-bond acceptors (Lipinski definition) is 3. The number of hydrogen-bond donors (Lipinski definition) is 0. The van der Waals surface area contributed by atoms with Crippen LogP contribution < -0.4 is 0 Å². The van der Waals surface area contributed by atoms with Gasteiger partial charge in [-0.1, -0.05) is 43.1 Å². The molecule has 0 atom stereocenters. The fourth-order valence-corrected chi connectivity index (χ4v) is 3.05. The van der Waals surface area contributed by atoms with Crippen LogP contribution in [0.3, 0.4) is 0 Å². The van der Waals surface area contributed by atoms with Gasteiger partial charge in [-0.3, -0.25) is 4.79 Å². The number of benzene rings is 1. The van der Waals surface area contributed by atoms with Crippen molar-refractivity contribution in [2.24, 2.45) is 5.92 Å². The quantitative estimate of drug-likeness (QED) is 0.587. The van der Waals surface area contributed by atoms with Crippen LogP contribution in [0.1, 0.15) is 26.3 Å². The predicted molar refractivity (Wildman–Crippen MR) is 95.7 cm³/mol. The standard InChI is InChI=1S/C18H19Cl2NO3/c1-10(2)9-21-11(3)16(18(23)24-4)14(17(21)22)7-12-5-6-13(19)8-15(12)20/h5-8,10H,9H2,1-4H3/b14-7-. The van der Waals surface area contributed by atoms with Crippen LogP contribution in [0.5, 0.6) is 0 Å². The minimum atomic E-state index is -0.538. The van der Waals surface area contributed by atoms with Crippen molar-refractivity contribution in [2.45, 2.75) is 20.8 Å². The van der Waals surface area contributed by atoms with Gasteiger partial charge in [0.25, 0.3) is 5.91 Å². The summed E-state index contributed by atoms with van der Waals surface area (Å²) in [7, 11) is 1.30. The van der Waals surface area contributed by atoms with E-state index in [9.17, 15) is 9.59 Å². The molecule has 0 fully saturated rings. The van der Waals surface area contributed by atoms with E-state index in [-0.39, 0.29) is 23.0 Å². The van der Waals surface area contributed by atoms with Crippen LogP contribution in [-0.4, -0.2) is 30.4 Å². The van der Waals surface area contributed by atoms with Gasteiger partial charge in [0.05, 0.1) is 18.3 Å². The van der Waals surface area contributed by atoms with E-state index in [1.165, 1.54) is 7.11 Å². The Morgan fingerprint density at radius 1 is 1.33 bits per heavy atom. The average molecular weight is 368 g/mol. The van der Waals surface area contributed by atoms with Crippen molar-refractivity contribution in [1.29, 1.82) is 0 Å². The first kappa shape index (κ1) is 18.6. The Kier molecular flexibility index (Phi) is 5.73. The van der Waals surface area contributed by atoms with Gasteiger partial charge in [0.1, 0.15) is 0 Å². The maximum atomic E-state index is 12.8. The third-order valence-electron chi connectivity index (χ3n) is 3.71. The van der Waals surface area contributed by atoms with Crippen LogP contribution in [0, 0.1) is 5.92 Å². The summed E-state index contributed by atoms with van der Waals surface area (Å²) in [6.45, 7) is 6.29. The molecule has 0 aliphatic carbocycles. The van der Waals surface area contributed by atoms with Crippen LogP contribution in [0.25, 0.3) is 6.08 Å². The Bertz CT molecular complexity index is 751. The Morgan fingerprint density at radius 3 is 2.54 bits per heavy atom. The number of nitrogens with zero attached hydrogens (tertiary/aromatic N) is 1. The fraction of sp³-hybridized carbons (Fsp3) is 0.333. The van der Waals surface area contributed by atoms with Crippen molar-refractivity contribution in [3.8, 4) is 0 Å².